The second kappa shape index (κ2) is 11.6. The largest absolute Gasteiger partial charge is 0.496 e. The van der Waals surface area contributed by atoms with Gasteiger partial charge in [0.05, 0.1) is 39.9 Å². The maximum absolute atomic E-state index is 13.7. The van der Waals surface area contributed by atoms with Crippen LogP contribution in [-0.2, 0) is 17.6 Å². The zero-order chi connectivity index (χ0) is 28.2. The van der Waals surface area contributed by atoms with Crippen LogP contribution in [-0.4, -0.2) is 23.1 Å². The average molecular weight is 554 g/mol. The van der Waals surface area contributed by atoms with Gasteiger partial charge in [0.2, 0.25) is 0 Å². The van der Waals surface area contributed by atoms with Gasteiger partial charge in [0.25, 0.3) is 11.6 Å². The molecule has 0 bridgehead atoms. The van der Waals surface area contributed by atoms with Crippen LogP contribution in [0.4, 0.5) is 17.1 Å². The third-order valence-corrected chi connectivity index (χ3v) is 7.51. The molecular formula is C31H27N3O5S. The SMILES string of the molecule is CCc1ccc(N=C2S/C(=C\c3ccc(-c4ccc([N+](=O)[O-])cc4OC)o3)C(=O)N2c2ccc(CC)cc2)cc1. The molecule has 0 saturated carbocycles. The summed E-state index contributed by atoms with van der Waals surface area (Å²) in [6.07, 6.45) is 3.52. The van der Waals surface area contributed by atoms with E-state index in [0.717, 1.165) is 24.2 Å². The first-order valence-electron chi connectivity index (χ1n) is 12.8. The molecule has 1 aliphatic heterocycles. The smallest absolute Gasteiger partial charge is 0.273 e. The van der Waals surface area contributed by atoms with E-state index in [0.29, 0.717) is 32.9 Å². The summed E-state index contributed by atoms with van der Waals surface area (Å²) in [5.74, 6) is 1.04. The fraction of sp³-hybridized carbons (Fsp3) is 0.161. The number of amides is 1. The Morgan fingerprint density at radius 2 is 1.65 bits per heavy atom. The van der Waals surface area contributed by atoms with E-state index in [2.05, 4.69) is 13.8 Å². The molecule has 40 heavy (non-hydrogen) atoms. The number of aliphatic imine (C=N–C) groups is 1. The highest BCUT2D eigenvalue weighted by atomic mass is 32.2. The second-order valence-electron chi connectivity index (χ2n) is 9.03. The number of ether oxygens (including phenoxy) is 1. The van der Waals surface area contributed by atoms with Gasteiger partial charge < -0.3 is 9.15 Å². The number of furan rings is 1. The summed E-state index contributed by atoms with van der Waals surface area (Å²) in [6, 6.07) is 23.7. The number of anilines is 1. The molecule has 202 valence electrons. The summed E-state index contributed by atoms with van der Waals surface area (Å²) in [5, 5.41) is 11.7. The lowest BCUT2D eigenvalue weighted by molar-refractivity contribution is -0.384. The first-order valence-corrected chi connectivity index (χ1v) is 13.6. The Bertz CT molecular complexity index is 1620. The number of carbonyl (C=O) groups is 1. The van der Waals surface area contributed by atoms with Crippen molar-refractivity contribution < 1.29 is 18.9 Å². The number of carbonyl (C=O) groups excluding carboxylic acids is 1. The van der Waals surface area contributed by atoms with Gasteiger partial charge in [-0.2, -0.15) is 0 Å². The van der Waals surface area contributed by atoms with Gasteiger partial charge in [0.1, 0.15) is 17.3 Å². The highest BCUT2D eigenvalue weighted by Gasteiger charge is 2.35. The highest BCUT2D eigenvalue weighted by molar-refractivity contribution is 8.19. The van der Waals surface area contributed by atoms with Crippen molar-refractivity contribution in [3.05, 3.63) is 111 Å². The monoisotopic (exact) mass is 553 g/mol. The van der Waals surface area contributed by atoms with Gasteiger partial charge in [-0.3, -0.25) is 19.8 Å². The normalized spacial score (nSPS) is 15.3. The summed E-state index contributed by atoms with van der Waals surface area (Å²) in [4.78, 5) is 31.2. The zero-order valence-corrected chi connectivity index (χ0v) is 23.1. The van der Waals surface area contributed by atoms with Crippen molar-refractivity contribution in [3.63, 3.8) is 0 Å². The molecule has 0 spiro atoms. The van der Waals surface area contributed by atoms with E-state index in [-0.39, 0.29) is 11.6 Å². The van der Waals surface area contributed by atoms with E-state index in [1.165, 1.54) is 42.1 Å². The van der Waals surface area contributed by atoms with Gasteiger partial charge in [0.15, 0.2) is 5.17 Å². The lowest BCUT2D eigenvalue weighted by Gasteiger charge is -2.16. The number of amidine groups is 1. The number of nitrogens with zero attached hydrogens (tertiary/aromatic N) is 3. The van der Waals surface area contributed by atoms with Gasteiger partial charge in [-0.15, -0.1) is 0 Å². The van der Waals surface area contributed by atoms with E-state index in [4.69, 9.17) is 14.1 Å². The Balaban J connectivity index is 1.49. The predicted molar refractivity (Wildman–Crippen MR) is 159 cm³/mol. The van der Waals surface area contributed by atoms with Crippen LogP contribution in [0.2, 0.25) is 0 Å². The molecular weight excluding hydrogens is 526 g/mol. The molecule has 2 heterocycles. The quantitative estimate of drug-likeness (QED) is 0.125. The molecule has 0 unspecified atom stereocenters. The first kappa shape index (κ1) is 27.0. The van der Waals surface area contributed by atoms with Gasteiger partial charge >= 0.3 is 0 Å². The van der Waals surface area contributed by atoms with Crippen LogP contribution in [0.15, 0.2) is 93.2 Å². The maximum Gasteiger partial charge on any atom is 0.273 e. The third kappa shape index (κ3) is 5.55. The number of nitro benzene ring substituents is 1. The molecule has 5 rings (SSSR count). The Labute approximate surface area is 236 Å². The minimum atomic E-state index is -0.480. The number of hydrogen-bond donors (Lipinski definition) is 0. The van der Waals surface area contributed by atoms with E-state index in [1.54, 1.807) is 29.2 Å². The number of methoxy groups -OCH3 is 1. The molecule has 4 aromatic rings. The fourth-order valence-corrected chi connectivity index (χ4v) is 5.26. The van der Waals surface area contributed by atoms with Gasteiger partial charge in [-0.25, -0.2) is 4.99 Å². The number of rotatable bonds is 8. The molecule has 1 aromatic heterocycles. The molecule has 9 heteroatoms. The van der Waals surface area contributed by atoms with Crippen LogP contribution in [0.3, 0.4) is 0 Å². The standard InChI is InChI=1S/C31H27N3O5S/c1-4-20-6-10-22(11-7-20)32-31-33(23-12-8-21(5-2)9-13-23)30(35)29(40-31)19-25-15-17-27(39-25)26-16-14-24(34(36)37)18-28(26)38-3/h6-19H,4-5H2,1-3H3/b29-19-,32-31?. The van der Waals surface area contributed by atoms with Crippen molar-refractivity contribution in [2.24, 2.45) is 4.99 Å². The van der Waals surface area contributed by atoms with E-state index >= 15 is 0 Å². The molecule has 0 radical (unpaired) electrons. The van der Waals surface area contributed by atoms with E-state index in [9.17, 15) is 14.9 Å². The van der Waals surface area contributed by atoms with Crippen LogP contribution in [0, 0.1) is 10.1 Å². The van der Waals surface area contributed by atoms with Gasteiger partial charge in [-0.1, -0.05) is 38.1 Å². The first-order chi connectivity index (χ1) is 19.4. The van der Waals surface area contributed by atoms with Crippen molar-refractivity contribution in [3.8, 4) is 17.1 Å². The summed E-state index contributed by atoms with van der Waals surface area (Å²) >= 11 is 1.28. The molecule has 1 amide bonds. The Hall–Kier alpha value is -4.63. The number of hydrogen-bond acceptors (Lipinski definition) is 7. The van der Waals surface area contributed by atoms with Crippen molar-refractivity contribution in [2.75, 3.05) is 12.0 Å². The van der Waals surface area contributed by atoms with Gasteiger partial charge in [-0.05, 0) is 78.2 Å². The van der Waals surface area contributed by atoms with Crippen molar-refractivity contribution in [1.82, 2.24) is 0 Å². The Kier molecular flexibility index (Phi) is 7.84. The molecule has 0 atom stereocenters. The minimum Gasteiger partial charge on any atom is -0.496 e. The van der Waals surface area contributed by atoms with E-state index in [1.807, 2.05) is 48.5 Å². The Morgan fingerprint density at radius 1 is 0.975 bits per heavy atom. The molecule has 0 N–H and O–H groups in total. The topological polar surface area (TPSA) is 98.2 Å². The summed E-state index contributed by atoms with van der Waals surface area (Å²) in [7, 11) is 1.44. The van der Waals surface area contributed by atoms with Crippen LogP contribution < -0.4 is 9.64 Å². The van der Waals surface area contributed by atoms with Crippen LogP contribution in [0.25, 0.3) is 17.4 Å². The van der Waals surface area contributed by atoms with E-state index < -0.39 is 4.92 Å². The van der Waals surface area contributed by atoms with Crippen molar-refractivity contribution >= 4 is 46.0 Å². The summed E-state index contributed by atoms with van der Waals surface area (Å²) in [6.45, 7) is 4.19. The number of aryl methyl sites for hydroxylation is 2. The maximum atomic E-state index is 13.7. The lowest BCUT2D eigenvalue weighted by Crippen LogP contribution is -2.28. The van der Waals surface area contributed by atoms with Crippen LogP contribution in [0.5, 0.6) is 5.75 Å². The van der Waals surface area contributed by atoms with Gasteiger partial charge in [0, 0.05) is 12.1 Å². The molecule has 0 aliphatic carbocycles. The van der Waals surface area contributed by atoms with Crippen molar-refractivity contribution in [2.45, 2.75) is 26.7 Å². The molecule has 1 aliphatic rings. The highest BCUT2D eigenvalue weighted by Crippen LogP contribution is 2.39. The molecule has 8 nitrogen and oxygen atoms in total. The Morgan fingerprint density at radius 3 is 2.27 bits per heavy atom. The fourth-order valence-electron chi connectivity index (χ4n) is 4.28. The summed E-state index contributed by atoms with van der Waals surface area (Å²) < 4.78 is 11.4. The van der Waals surface area contributed by atoms with Crippen LogP contribution in [0.1, 0.15) is 30.7 Å². The number of thioether (sulfide) groups is 1. The molecule has 1 saturated heterocycles. The third-order valence-electron chi connectivity index (χ3n) is 6.54. The number of benzene rings is 3. The zero-order valence-electron chi connectivity index (χ0n) is 22.3. The number of nitro groups is 1. The summed E-state index contributed by atoms with van der Waals surface area (Å²) in [5.41, 5.74) is 4.37. The van der Waals surface area contributed by atoms with Crippen molar-refractivity contribution in [1.29, 1.82) is 0 Å². The molecule has 1 fully saturated rings. The predicted octanol–water partition coefficient (Wildman–Crippen LogP) is 7.80. The van der Waals surface area contributed by atoms with Crippen LogP contribution >= 0.6 is 11.8 Å². The number of non-ortho nitro benzene ring substituents is 1. The minimum absolute atomic E-state index is 0.0781. The lowest BCUT2D eigenvalue weighted by atomic mass is 10.1. The second-order valence-corrected chi connectivity index (χ2v) is 10.0. The molecule has 3 aromatic carbocycles. The average Bonchev–Trinajstić information content (AvgIpc) is 3.57.